The molecule has 3 aromatic rings. The molecule has 2 aromatic carbocycles. The Bertz CT molecular complexity index is 1190. The average molecular weight is 572 g/mol. The predicted molar refractivity (Wildman–Crippen MR) is 157 cm³/mol. The molecule has 5 rings (SSSR count). The van der Waals surface area contributed by atoms with Gasteiger partial charge < -0.3 is 0 Å². The quantitative estimate of drug-likeness (QED) is 0.200. The van der Waals surface area contributed by atoms with E-state index in [1.807, 2.05) is 0 Å². The number of benzene rings is 2. The van der Waals surface area contributed by atoms with Crippen molar-refractivity contribution in [3.8, 4) is 11.1 Å². The Morgan fingerprint density at radius 1 is 0.944 bits per heavy atom. The Kier molecular flexibility index (Phi) is 9.51. The van der Waals surface area contributed by atoms with Crippen molar-refractivity contribution in [3.63, 3.8) is 0 Å². The van der Waals surface area contributed by atoms with E-state index in [4.69, 9.17) is 0 Å². The minimum atomic E-state index is 0.177. The van der Waals surface area contributed by atoms with E-state index in [0.29, 0.717) is 5.92 Å². The fraction of sp³-hybridized carbons (Fsp3) is 0.382. The zero-order valence-electron chi connectivity index (χ0n) is 23.5. The van der Waals surface area contributed by atoms with Gasteiger partial charge in [-0.2, -0.15) is 52.3 Å². The Morgan fingerprint density at radius 3 is 2.11 bits per heavy atom. The Labute approximate surface area is 238 Å². The molecule has 0 aliphatic heterocycles. The van der Waals surface area contributed by atoms with Crippen molar-refractivity contribution in [1.29, 1.82) is 0 Å². The second kappa shape index (κ2) is 11.8. The molecule has 0 saturated carbocycles. The van der Waals surface area contributed by atoms with Gasteiger partial charge in [0.15, 0.2) is 0 Å². The maximum atomic E-state index is 3.53. The molecule has 186 valence electrons. The van der Waals surface area contributed by atoms with Crippen molar-refractivity contribution in [3.05, 3.63) is 99.3 Å². The van der Waals surface area contributed by atoms with E-state index >= 15 is 0 Å². The second-order valence-electron chi connectivity index (χ2n) is 12.0. The van der Waals surface area contributed by atoms with E-state index in [-0.39, 0.29) is 10.8 Å². The molecule has 1 unspecified atom stereocenters. The molecule has 0 nitrogen and oxygen atoms in total. The van der Waals surface area contributed by atoms with E-state index in [1.54, 1.807) is 35.6 Å². The number of allylic oxidation sites excluding steroid dienone is 4. The van der Waals surface area contributed by atoms with Crippen LogP contribution in [0.3, 0.4) is 0 Å². The summed E-state index contributed by atoms with van der Waals surface area (Å²) in [4.78, 5) is 1.35. The summed E-state index contributed by atoms with van der Waals surface area (Å²) in [5.74, 6) is 0.493. The Balaban J connectivity index is 0.000000200. The van der Waals surface area contributed by atoms with E-state index in [1.165, 1.54) is 47.0 Å². The van der Waals surface area contributed by atoms with Gasteiger partial charge in [-0.05, 0) is 27.7 Å². The van der Waals surface area contributed by atoms with Crippen LogP contribution in [0.25, 0.3) is 16.7 Å². The SMILES string of the molecule is CC(C)(C)c1c[c-]c2c(c1)-c1cc(C(C)(C)C)ccc1C2.CC1[C-]=CC(c2cccs2)=C1.C[C](C)=[Zr+2]. The molecule has 0 fully saturated rings. The molecule has 36 heavy (non-hydrogen) atoms. The van der Waals surface area contributed by atoms with Crippen LogP contribution in [0.4, 0.5) is 0 Å². The molecule has 0 bridgehead atoms. The van der Waals surface area contributed by atoms with E-state index in [9.17, 15) is 0 Å². The average Bonchev–Trinajstić information content (AvgIpc) is 3.51. The monoisotopic (exact) mass is 570 g/mol. The van der Waals surface area contributed by atoms with E-state index < -0.39 is 0 Å². The predicted octanol–water partition coefficient (Wildman–Crippen LogP) is 9.54. The van der Waals surface area contributed by atoms with Gasteiger partial charge in [0, 0.05) is 0 Å². The molecule has 0 N–H and O–H groups in total. The van der Waals surface area contributed by atoms with Gasteiger partial charge in [0.25, 0.3) is 0 Å². The zero-order chi connectivity index (χ0) is 26.7. The molecule has 2 heteroatoms. The van der Waals surface area contributed by atoms with Gasteiger partial charge >= 0.3 is 41.3 Å². The van der Waals surface area contributed by atoms with Crippen LogP contribution in [-0.2, 0) is 41.5 Å². The molecular weight excluding hydrogens is 532 g/mol. The molecule has 1 heterocycles. The van der Waals surface area contributed by atoms with Crippen molar-refractivity contribution < 1.29 is 24.2 Å². The molecular formula is C34H40SZr. The molecule has 1 aromatic heterocycles. The van der Waals surface area contributed by atoms with Crippen LogP contribution in [0.2, 0.25) is 0 Å². The topological polar surface area (TPSA) is 0 Å². The van der Waals surface area contributed by atoms with Crippen LogP contribution >= 0.6 is 11.3 Å². The summed E-state index contributed by atoms with van der Waals surface area (Å²) in [5, 5.41) is 2.10. The van der Waals surface area contributed by atoms with Gasteiger partial charge in [-0.15, -0.1) is 5.56 Å². The van der Waals surface area contributed by atoms with Gasteiger partial charge in [-0.25, -0.2) is 6.08 Å². The molecule has 2 aliphatic rings. The summed E-state index contributed by atoms with van der Waals surface area (Å²) < 4.78 is 1.51. The number of fused-ring (bicyclic) bond motifs is 3. The van der Waals surface area contributed by atoms with Gasteiger partial charge in [0.1, 0.15) is 0 Å². The summed E-state index contributed by atoms with van der Waals surface area (Å²) in [6.07, 6.45) is 8.60. The first-order valence-corrected chi connectivity index (χ1v) is 14.9. The summed E-state index contributed by atoms with van der Waals surface area (Å²) >= 11 is 3.34. The Morgan fingerprint density at radius 2 is 1.58 bits per heavy atom. The van der Waals surface area contributed by atoms with Crippen molar-refractivity contribution in [2.45, 2.75) is 79.6 Å². The summed E-state index contributed by atoms with van der Waals surface area (Å²) in [5.41, 5.74) is 10.1. The van der Waals surface area contributed by atoms with Crippen molar-refractivity contribution >= 4 is 20.1 Å². The normalized spacial score (nSPS) is 15.8. The molecule has 1 atom stereocenters. The third-order valence-electron chi connectivity index (χ3n) is 6.26. The molecule has 0 saturated heterocycles. The number of thiophene rings is 1. The van der Waals surface area contributed by atoms with Crippen molar-refractivity contribution in [2.24, 2.45) is 5.92 Å². The molecule has 0 radical (unpaired) electrons. The van der Waals surface area contributed by atoms with Crippen LogP contribution in [0.5, 0.6) is 0 Å². The number of hydrogen-bond acceptors (Lipinski definition) is 1. The van der Waals surface area contributed by atoms with Crippen LogP contribution in [-0.4, -0.2) is 3.21 Å². The zero-order valence-corrected chi connectivity index (χ0v) is 26.7. The first kappa shape index (κ1) is 28.9. The molecule has 0 amide bonds. The first-order valence-electron chi connectivity index (χ1n) is 12.8. The fourth-order valence-corrected chi connectivity index (χ4v) is 4.89. The minimum absolute atomic E-state index is 0.177. The standard InChI is InChI=1S/C21H25.C10H9S.C3H6.Zr/c1-20(2,3)16-9-7-14-11-15-8-10-17(21(4,5)6)13-19(15)18(14)12-16;1-8-4-5-9(7-8)10-3-2-6-11-10;1-3-2;/h7,9-10,12-13H,11H2,1-6H3;2-3,5-8H,1H3;1-2H3;/q2*-1;;+2. The van der Waals surface area contributed by atoms with Crippen LogP contribution in [0, 0.1) is 18.1 Å². The van der Waals surface area contributed by atoms with Crippen LogP contribution in [0.1, 0.15) is 89.4 Å². The molecule has 0 spiro atoms. The first-order chi connectivity index (χ1) is 16.8. The fourth-order valence-electron chi connectivity index (χ4n) is 4.17. The third-order valence-corrected chi connectivity index (χ3v) is 7.18. The van der Waals surface area contributed by atoms with Gasteiger partial charge in [-0.1, -0.05) is 101 Å². The van der Waals surface area contributed by atoms with Crippen LogP contribution in [0.15, 0.2) is 60.0 Å². The second-order valence-corrected chi connectivity index (χ2v) is 15.4. The summed E-state index contributed by atoms with van der Waals surface area (Å²) in [7, 11) is 0. The number of hydrogen-bond donors (Lipinski definition) is 0. The van der Waals surface area contributed by atoms with Gasteiger partial charge in [-0.3, -0.25) is 6.08 Å². The summed E-state index contributed by atoms with van der Waals surface area (Å²) in [6, 6.07) is 19.3. The number of rotatable bonds is 1. The summed E-state index contributed by atoms with van der Waals surface area (Å²) in [6.45, 7) is 20.0. The maximum absolute atomic E-state index is 3.53. The molecule has 2 aliphatic carbocycles. The van der Waals surface area contributed by atoms with E-state index in [0.717, 1.165) is 6.42 Å². The van der Waals surface area contributed by atoms with Crippen molar-refractivity contribution in [1.82, 2.24) is 0 Å². The van der Waals surface area contributed by atoms with Crippen molar-refractivity contribution in [2.75, 3.05) is 0 Å². The van der Waals surface area contributed by atoms with Gasteiger partial charge in [0.2, 0.25) is 0 Å². The third kappa shape index (κ3) is 7.69. The van der Waals surface area contributed by atoms with Gasteiger partial charge in [0.05, 0.1) is 0 Å². The van der Waals surface area contributed by atoms with Crippen LogP contribution < -0.4 is 0 Å². The van der Waals surface area contributed by atoms with E-state index in [2.05, 4.69) is 134 Å². The Hall–Kier alpha value is -1.63.